The molecule has 0 unspecified atom stereocenters. The Morgan fingerprint density at radius 1 is 1.30 bits per heavy atom. The third-order valence-corrected chi connectivity index (χ3v) is 4.17. The van der Waals surface area contributed by atoms with Crippen molar-refractivity contribution < 1.29 is 9.53 Å². The molecule has 20 heavy (non-hydrogen) atoms. The van der Waals surface area contributed by atoms with Crippen LogP contribution >= 0.6 is 15.9 Å². The number of carbonyl (C=O) groups is 1. The van der Waals surface area contributed by atoms with Gasteiger partial charge in [0.15, 0.2) is 0 Å². The normalized spacial score (nSPS) is 15.6. The number of likely N-dealkylation sites (tertiary alicyclic amines) is 1. The Morgan fingerprint density at radius 3 is 2.60 bits per heavy atom. The number of amides is 1. The summed E-state index contributed by atoms with van der Waals surface area (Å²) in [4.78, 5) is 14.1. The number of nitrogens with zero attached hydrogens (tertiary/aromatic N) is 1. The maximum Gasteiger partial charge on any atom is 0.241 e. The second-order valence-electron chi connectivity index (χ2n) is 5.00. The Morgan fingerprint density at radius 2 is 2.00 bits per heavy atom. The van der Waals surface area contributed by atoms with E-state index in [1.807, 2.05) is 23.1 Å². The first-order valence-corrected chi connectivity index (χ1v) is 7.85. The lowest BCUT2D eigenvalue weighted by atomic mass is 10.2. The lowest BCUT2D eigenvalue weighted by molar-refractivity contribution is -0.129. The third kappa shape index (κ3) is 4.13. The van der Waals surface area contributed by atoms with Crippen LogP contribution in [0.15, 0.2) is 22.7 Å². The molecule has 0 saturated carbocycles. The quantitative estimate of drug-likeness (QED) is 0.914. The highest BCUT2D eigenvalue weighted by atomic mass is 79.9. The van der Waals surface area contributed by atoms with E-state index >= 15 is 0 Å². The largest absolute Gasteiger partial charge is 0.496 e. The van der Waals surface area contributed by atoms with Gasteiger partial charge in [-0.1, -0.05) is 12.8 Å². The summed E-state index contributed by atoms with van der Waals surface area (Å²) in [5.41, 5.74) is 0.917. The highest BCUT2D eigenvalue weighted by molar-refractivity contribution is 9.10. The molecule has 5 heteroatoms. The van der Waals surface area contributed by atoms with E-state index in [-0.39, 0.29) is 5.91 Å². The number of hydrogen-bond acceptors (Lipinski definition) is 3. The minimum atomic E-state index is 0.179. The Balaban J connectivity index is 1.87. The minimum Gasteiger partial charge on any atom is -0.496 e. The summed E-state index contributed by atoms with van der Waals surface area (Å²) >= 11 is 3.44. The van der Waals surface area contributed by atoms with Gasteiger partial charge in [0.1, 0.15) is 5.75 Å². The fourth-order valence-corrected chi connectivity index (χ4v) is 2.93. The molecule has 1 aliphatic heterocycles. The molecule has 0 spiro atoms. The molecular weight excluding hydrogens is 320 g/mol. The van der Waals surface area contributed by atoms with Gasteiger partial charge in [-0.05, 0) is 47.0 Å². The van der Waals surface area contributed by atoms with Gasteiger partial charge in [0.2, 0.25) is 5.91 Å². The molecule has 2 rings (SSSR count). The molecule has 1 heterocycles. The van der Waals surface area contributed by atoms with Gasteiger partial charge < -0.3 is 15.0 Å². The van der Waals surface area contributed by atoms with E-state index in [0.717, 1.165) is 41.8 Å². The lowest BCUT2D eigenvalue weighted by Gasteiger charge is -2.20. The molecule has 1 aromatic carbocycles. The van der Waals surface area contributed by atoms with Crippen molar-refractivity contribution in [3.63, 3.8) is 0 Å². The van der Waals surface area contributed by atoms with Gasteiger partial charge in [-0.3, -0.25) is 4.79 Å². The van der Waals surface area contributed by atoms with Crippen LogP contribution in [0.4, 0.5) is 5.69 Å². The van der Waals surface area contributed by atoms with Crippen molar-refractivity contribution in [1.29, 1.82) is 0 Å². The van der Waals surface area contributed by atoms with Gasteiger partial charge in [0, 0.05) is 18.8 Å². The van der Waals surface area contributed by atoms with Crippen LogP contribution in [-0.2, 0) is 4.79 Å². The van der Waals surface area contributed by atoms with Crippen LogP contribution in [0, 0.1) is 0 Å². The van der Waals surface area contributed by atoms with Gasteiger partial charge in [-0.2, -0.15) is 0 Å². The van der Waals surface area contributed by atoms with Crippen LogP contribution in [0.1, 0.15) is 25.7 Å². The number of ether oxygens (including phenoxy) is 1. The number of anilines is 1. The summed E-state index contributed by atoms with van der Waals surface area (Å²) in [6, 6.07) is 5.72. The second-order valence-corrected chi connectivity index (χ2v) is 5.85. The number of methoxy groups -OCH3 is 1. The first-order chi connectivity index (χ1) is 9.70. The molecular formula is C15H21BrN2O2. The zero-order valence-corrected chi connectivity index (χ0v) is 13.4. The van der Waals surface area contributed by atoms with Crippen LogP contribution in [0.5, 0.6) is 5.75 Å². The molecule has 110 valence electrons. The van der Waals surface area contributed by atoms with E-state index in [1.165, 1.54) is 12.8 Å². The van der Waals surface area contributed by atoms with Crippen molar-refractivity contribution in [3.05, 3.63) is 22.7 Å². The predicted octanol–water partition coefficient (Wildman–Crippen LogP) is 3.27. The van der Waals surface area contributed by atoms with Crippen LogP contribution < -0.4 is 10.1 Å². The van der Waals surface area contributed by atoms with Crippen molar-refractivity contribution in [2.24, 2.45) is 0 Å². The van der Waals surface area contributed by atoms with E-state index in [9.17, 15) is 4.79 Å². The second kappa shape index (κ2) is 7.53. The van der Waals surface area contributed by atoms with Crippen molar-refractivity contribution in [2.75, 3.05) is 32.1 Å². The topological polar surface area (TPSA) is 41.6 Å². The number of rotatable bonds is 4. The fraction of sp³-hybridized carbons (Fsp3) is 0.533. The minimum absolute atomic E-state index is 0.179. The third-order valence-electron chi connectivity index (χ3n) is 3.55. The van der Waals surface area contributed by atoms with Crippen molar-refractivity contribution >= 4 is 27.5 Å². The van der Waals surface area contributed by atoms with Crippen molar-refractivity contribution in [1.82, 2.24) is 4.90 Å². The van der Waals surface area contributed by atoms with E-state index in [0.29, 0.717) is 6.54 Å². The molecule has 1 fully saturated rings. The zero-order chi connectivity index (χ0) is 14.4. The highest BCUT2D eigenvalue weighted by Crippen LogP contribution is 2.27. The molecule has 1 saturated heterocycles. The molecule has 0 atom stereocenters. The van der Waals surface area contributed by atoms with E-state index < -0.39 is 0 Å². The molecule has 0 aliphatic carbocycles. The smallest absolute Gasteiger partial charge is 0.241 e. The predicted molar refractivity (Wildman–Crippen MR) is 84.2 cm³/mol. The van der Waals surface area contributed by atoms with Gasteiger partial charge in [-0.25, -0.2) is 0 Å². The average molecular weight is 341 g/mol. The number of halogens is 1. The first kappa shape index (κ1) is 15.2. The average Bonchev–Trinajstić information content (AvgIpc) is 2.74. The monoisotopic (exact) mass is 340 g/mol. The molecule has 1 amide bonds. The molecule has 0 aromatic heterocycles. The van der Waals surface area contributed by atoms with Crippen LogP contribution in [0.2, 0.25) is 0 Å². The summed E-state index contributed by atoms with van der Waals surface area (Å²) in [7, 11) is 1.63. The zero-order valence-electron chi connectivity index (χ0n) is 11.8. The maximum atomic E-state index is 12.2. The number of benzene rings is 1. The summed E-state index contributed by atoms with van der Waals surface area (Å²) in [6.45, 7) is 2.14. The van der Waals surface area contributed by atoms with Crippen LogP contribution in [0.3, 0.4) is 0 Å². The molecule has 1 aromatic rings. The van der Waals surface area contributed by atoms with E-state index in [1.54, 1.807) is 7.11 Å². The summed E-state index contributed by atoms with van der Waals surface area (Å²) in [6.07, 6.45) is 4.73. The summed E-state index contributed by atoms with van der Waals surface area (Å²) in [5, 5.41) is 3.18. The first-order valence-electron chi connectivity index (χ1n) is 7.06. The van der Waals surface area contributed by atoms with Crippen molar-refractivity contribution in [2.45, 2.75) is 25.7 Å². The van der Waals surface area contributed by atoms with Crippen LogP contribution in [0.25, 0.3) is 0 Å². The molecule has 1 aliphatic rings. The Bertz CT molecular complexity index is 457. The molecule has 4 nitrogen and oxygen atoms in total. The molecule has 0 radical (unpaired) electrons. The van der Waals surface area contributed by atoms with Gasteiger partial charge in [0.25, 0.3) is 0 Å². The van der Waals surface area contributed by atoms with E-state index in [4.69, 9.17) is 4.74 Å². The molecule has 1 N–H and O–H groups in total. The SMILES string of the molecule is COc1ccc(NCC(=O)N2CCCCCC2)cc1Br. The van der Waals surface area contributed by atoms with Crippen LogP contribution in [-0.4, -0.2) is 37.6 Å². The Labute approximate surface area is 128 Å². The number of hydrogen-bond donors (Lipinski definition) is 1. The standard InChI is InChI=1S/C15H21BrN2O2/c1-20-14-7-6-12(10-13(14)16)17-11-15(19)18-8-4-2-3-5-9-18/h6-7,10,17H,2-5,8-9,11H2,1H3. The van der Waals surface area contributed by atoms with Gasteiger partial charge in [0.05, 0.1) is 18.1 Å². The Hall–Kier alpha value is -1.23. The Kier molecular flexibility index (Phi) is 5.71. The van der Waals surface area contributed by atoms with Gasteiger partial charge >= 0.3 is 0 Å². The number of carbonyl (C=O) groups excluding carboxylic acids is 1. The molecule has 0 bridgehead atoms. The van der Waals surface area contributed by atoms with E-state index in [2.05, 4.69) is 21.2 Å². The number of nitrogens with one attached hydrogen (secondary N) is 1. The summed E-state index contributed by atoms with van der Waals surface area (Å²) < 4.78 is 6.07. The van der Waals surface area contributed by atoms with Gasteiger partial charge in [-0.15, -0.1) is 0 Å². The highest BCUT2D eigenvalue weighted by Gasteiger charge is 2.15. The lowest BCUT2D eigenvalue weighted by Crippen LogP contribution is -2.36. The van der Waals surface area contributed by atoms with Crippen molar-refractivity contribution in [3.8, 4) is 5.75 Å². The maximum absolute atomic E-state index is 12.2. The fourth-order valence-electron chi connectivity index (χ4n) is 2.39. The summed E-state index contributed by atoms with van der Waals surface area (Å²) in [5.74, 6) is 0.966.